The van der Waals surface area contributed by atoms with Crippen molar-refractivity contribution >= 4 is 99.1 Å². The van der Waals surface area contributed by atoms with E-state index in [9.17, 15) is 53.4 Å². The summed E-state index contributed by atoms with van der Waals surface area (Å²) < 4.78 is 1.01. The van der Waals surface area contributed by atoms with Gasteiger partial charge in [0.2, 0.25) is 23.6 Å². The molecule has 0 radical (unpaired) electrons. The quantitative estimate of drug-likeness (QED) is 0.0193. The Morgan fingerprint density at radius 3 is 1.79 bits per heavy atom. The average molecular weight is 1190 g/mol. The molecule has 0 fully saturated rings. The molecule has 0 aromatic heterocycles. The summed E-state index contributed by atoms with van der Waals surface area (Å²) in [5, 5.41) is 44.9. The number of thiocarbonyl (C=S) groups is 1. The van der Waals surface area contributed by atoms with Crippen LogP contribution in [-0.4, -0.2) is 172 Å². The van der Waals surface area contributed by atoms with E-state index in [-0.39, 0.29) is 70.6 Å². The van der Waals surface area contributed by atoms with E-state index in [2.05, 4.69) is 54.5 Å². The van der Waals surface area contributed by atoms with Gasteiger partial charge in [0, 0.05) is 79.6 Å². The zero-order valence-corrected chi connectivity index (χ0v) is 44.8. The molecule has 3 rings (SSSR count). The molecular weight excluding hydrogens is 1120 g/mol. The summed E-state index contributed by atoms with van der Waals surface area (Å²) in [4.78, 5) is 113. The molecule has 0 saturated carbocycles. The van der Waals surface area contributed by atoms with E-state index in [0.29, 0.717) is 61.9 Å². The van der Waals surface area contributed by atoms with Gasteiger partial charge in [-0.2, -0.15) is 0 Å². The number of urea groups is 1. The van der Waals surface area contributed by atoms with E-state index in [0.717, 1.165) is 20.3 Å². The Morgan fingerprint density at radius 2 is 1.21 bits per heavy atom. The number of hydrogen-bond donors (Lipinski definition) is 13. The number of nitrogens with two attached hydrogens (primary N) is 4. The number of unbranched alkanes of at least 4 members (excludes halogenated alkanes) is 1. The van der Waals surface area contributed by atoms with Crippen LogP contribution in [0.15, 0.2) is 72.8 Å². The molecule has 0 aliphatic carbocycles. The van der Waals surface area contributed by atoms with Crippen LogP contribution in [0.4, 0.5) is 10.5 Å². The predicted octanol–water partition coefficient (Wildman–Crippen LogP) is -0.704. The molecule has 3 aromatic carbocycles. The normalized spacial score (nSPS) is 12.2. The van der Waals surface area contributed by atoms with Crippen molar-refractivity contribution in [2.45, 2.75) is 69.7 Å². The second-order valence-corrected chi connectivity index (χ2v) is 19.3. The fourth-order valence-corrected chi connectivity index (χ4v) is 8.20. The lowest BCUT2D eigenvalue weighted by Gasteiger charge is -2.33. The lowest BCUT2D eigenvalue weighted by molar-refractivity contribution is -0.141. The van der Waals surface area contributed by atoms with Crippen LogP contribution in [0.5, 0.6) is 0 Å². The standard InChI is InChI=1S/C49H68IN13O12S/c50-35-12-6-33(7-13-35)28-63(19-2-1-3-38(46(71)72)59-48(75)60-39(47(73)74)16-17-44(68)69)45(70)34-10-4-32(5-11-34)24-57-49(76)58-36-14-8-31(9-15-36)23-37(25-56-27-41(52)65)62(30-43(54)67)22-21-61(29-42(53)66)20-18-55-26-40(51)64/h4-15,37-39,55-56H,1-3,16-30H2,(H2,51,64)(H2,52,65)(H2,53,66)(H2,54,67)(H,68,69)(H,71,72)(H,73,74)(H2,57,58,76)(H2,59,60,75)/t37?,38-,39-/m1/s1. The van der Waals surface area contributed by atoms with Crippen molar-refractivity contribution in [2.24, 2.45) is 22.9 Å². The maximum absolute atomic E-state index is 14.0. The fourth-order valence-electron chi connectivity index (χ4n) is 7.65. The van der Waals surface area contributed by atoms with Crippen molar-refractivity contribution in [3.8, 4) is 0 Å². The number of halogens is 1. The van der Waals surface area contributed by atoms with Gasteiger partial charge in [0.1, 0.15) is 12.1 Å². The first-order valence-electron chi connectivity index (χ1n) is 24.1. The molecule has 0 spiro atoms. The summed E-state index contributed by atoms with van der Waals surface area (Å²) in [6, 6.07) is 17.7. The van der Waals surface area contributed by atoms with E-state index >= 15 is 0 Å². The summed E-state index contributed by atoms with van der Waals surface area (Å²) in [6.45, 7) is 2.08. The Balaban J connectivity index is 1.62. The molecule has 25 nitrogen and oxygen atoms in total. The summed E-state index contributed by atoms with van der Waals surface area (Å²) in [5.41, 5.74) is 25.4. The smallest absolute Gasteiger partial charge is 0.326 e. The molecular formula is C49H68IN13O12S. The van der Waals surface area contributed by atoms with Crippen molar-refractivity contribution in [1.82, 2.24) is 41.3 Å². The highest BCUT2D eigenvalue weighted by Gasteiger charge is 2.26. The summed E-state index contributed by atoms with van der Waals surface area (Å²) >= 11 is 7.77. The van der Waals surface area contributed by atoms with Gasteiger partial charge in [0.15, 0.2) is 5.11 Å². The number of carboxylic acids is 3. The van der Waals surface area contributed by atoms with E-state index in [1.165, 1.54) is 0 Å². The third-order valence-corrected chi connectivity index (χ3v) is 12.4. The van der Waals surface area contributed by atoms with Gasteiger partial charge in [-0.3, -0.25) is 38.6 Å². The number of nitrogens with one attached hydrogen (secondary N) is 6. The Morgan fingerprint density at radius 1 is 0.632 bits per heavy atom. The van der Waals surface area contributed by atoms with Crippen molar-refractivity contribution in [2.75, 3.05) is 70.8 Å². The third-order valence-electron chi connectivity index (χ3n) is 11.5. The van der Waals surface area contributed by atoms with Crippen molar-refractivity contribution in [1.29, 1.82) is 0 Å². The van der Waals surface area contributed by atoms with Gasteiger partial charge < -0.3 is 75.1 Å². The van der Waals surface area contributed by atoms with Crippen LogP contribution in [0.25, 0.3) is 0 Å². The van der Waals surface area contributed by atoms with Crippen LogP contribution < -0.4 is 54.8 Å². The number of anilines is 1. The lowest BCUT2D eigenvalue weighted by atomic mass is 10.0. The number of nitrogens with zero attached hydrogens (tertiary/aromatic N) is 3. The van der Waals surface area contributed by atoms with Crippen LogP contribution in [0.1, 0.15) is 59.2 Å². The minimum absolute atomic E-state index is 0.0339. The number of carbonyl (C=O) groups is 9. The molecule has 7 amide bonds. The second kappa shape index (κ2) is 33.8. The summed E-state index contributed by atoms with van der Waals surface area (Å²) in [7, 11) is 0. The van der Waals surface area contributed by atoms with Gasteiger partial charge in [-0.25, -0.2) is 14.4 Å². The topological polar surface area (TPSA) is 400 Å². The Labute approximate surface area is 458 Å². The first-order valence-corrected chi connectivity index (χ1v) is 25.6. The zero-order valence-electron chi connectivity index (χ0n) is 41.8. The van der Waals surface area contributed by atoms with Gasteiger partial charge in [0.05, 0.1) is 26.2 Å². The van der Waals surface area contributed by atoms with Crippen LogP contribution in [0, 0.1) is 3.57 Å². The number of carbonyl (C=O) groups excluding carboxylic acids is 6. The second-order valence-electron chi connectivity index (χ2n) is 17.7. The first kappa shape index (κ1) is 63.2. The molecule has 0 saturated heterocycles. The van der Waals surface area contributed by atoms with Gasteiger partial charge in [0.25, 0.3) is 5.91 Å². The first-order chi connectivity index (χ1) is 36.1. The Bertz CT molecular complexity index is 2440. The zero-order chi connectivity index (χ0) is 56.2. The molecule has 3 atom stereocenters. The van der Waals surface area contributed by atoms with Gasteiger partial charge >= 0.3 is 23.9 Å². The molecule has 0 bridgehead atoms. The van der Waals surface area contributed by atoms with E-state index < -0.39 is 72.5 Å². The molecule has 0 heterocycles. The van der Waals surface area contributed by atoms with Gasteiger partial charge in [-0.15, -0.1) is 0 Å². The van der Waals surface area contributed by atoms with Crippen molar-refractivity contribution in [3.05, 3.63) is 98.6 Å². The number of hydrogen-bond acceptors (Lipinski definition) is 14. The monoisotopic (exact) mass is 1190 g/mol. The molecule has 1 unspecified atom stereocenters. The van der Waals surface area contributed by atoms with Crippen LogP contribution >= 0.6 is 34.8 Å². The van der Waals surface area contributed by atoms with Crippen LogP contribution in [0.3, 0.4) is 0 Å². The van der Waals surface area contributed by atoms with E-state index in [1.54, 1.807) is 34.1 Å². The van der Waals surface area contributed by atoms with Gasteiger partial charge in [-0.1, -0.05) is 36.4 Å². The highest BCUT2D eigenvalue weighted by atomic mass is 127. The number of rotatable bonds is 37. The van der Waals surface area contributed by atoms with Crippen LogP contribution in [0.2, 0.25) is 0 Å². The Kier molecular flexibility index (Phi) is 28.1. The minimum Gasteiger partial charge on any atom is -0.481 e. The van der Waals surface area contributed by atoms with E-state index in [4.69, 9.17) is 40.3 Å². The predicted molar refractivity (Wildman–Crippen MR) is 293 cm³/mol. The summed E-state index contributed by atoms with van der Waals surface area (Å²) in [5.74, 6) is -6.57. The number of aliphatic carboxylic acids is 3. The van der Waals surface area contributed by atoms with Crippen molar-refractivity contribution < 1.29 is 58.5 Å². The Hall–Kier alpha value is -7.05. The highest BCUT2D eigenvalue weighted by molar-refractivity contribution is 14.1. The van der Waals surface area contributed by atoms with Crippen molar-refractivity contribution in [3.63, 3.8) is 0 Å². The highest BCUT2D eigenvalue weighted by Crippen LogP contribution is 2.17. The van der Waals surface area contributed by atoms with Gasteiger partial charge in [-0.05, 0) is 120 Å². The number of benzene rings is 3. The molecule has 76 heavy (non-hydrogen) atoms. The fraction of sp³-hybridized carbons (Fsp3) is 0.429. The maximum Gasteiger partial charge on any atom is 0.326 e. The number of amides is 7. The SMILES string of the molecule is NC(=O)CNCCN(CCN(CC(N)=O)C(CNCC(N)=O)Cc1ccc(NC(=S)NCc2ccc(C(=O)N(CCCC[C@@H](NC(=O)N[C@H](CCC(=O)O)C(=O)O)C(=O)O)Cc3ccc(I)cc3)cc2)cc1)CC(N)=O. The molecule has 27 heteroatoms. The van der Waals surface area contributed by atoms with Crippen LogP contribution in [-0.2, 0) is 53.1 Å². The average Bonchev–Trinajstić information content (AvgIpc) is 3.35. The third kappa shape index (κ3) is 25.9. The molecule has 3 aromatic rings. The molecule has 17 N–H and O–H groups in total. The number of primary amides is 4. The van der Waals surface area contributed by atoms with E-state index in [1.807, 2.05) is 53.4 Å². The molecule has 0 aliphatic rings. The minimum atomic E-state index is -1.54. The maximum atomic E-state index is 14.0. The number of carboxylic acid groups (broad SMARTS) is 3. The summed E-state index contributed by atoms with van der Waals surface area (Å²) in [6.07, 6.45) is 0.113. The molecule has 0 aliphatic heterocycles. The lowest BCUT2D eigenvalue weighted by Crippen LogP contribution is -2.51. The molecule has 414 valence electrons. The largest absolute Gasteiger partial charge is 0.481 e.